The van der Waals surface area contributed by atoms with Crippen LogP contribution in [0.1, 0.15) is 44.9 Å². The third kappa shape index (κ3) is 1.75. The van der Waals surface area contributed by atoms with Gasteiger partial charge in [-0.05, 0) is 45.6 Å². The summed E-state index contributed by atoms with van der Waals surface area (Å²) in [7, 11) is 2.21. The monoisotopic (exact) mass is 223 g/mol. The number of hydrogen-bond donors (Lipinski definition) is 0. The molecule has 0 spiro atoms. The van der Waals surface area contributed by atoms with Crippen molar-refractivity contribution in [2.75, 3.05) is 7.05 Å². The Bertz CT molecular complexity index is 274. The number of nitrogens with zero attached hydrogens (tertiary/aromatic N) is 1. The van der Waals surface area contributed by atoms with Crippen molar-refractivity contribution in [3.8, 4) is 0 Å². The Morgan fingerprint density at radius 1 is 1.12 bits per heavy atom. The fourth-order valence-corrected chi connectivity index (χ4v) is 3.36. The van der Waals surface area contributed by atoms with E-state index in [9.17, 15) is 4.79 Å². The van der Waals surface area contributed by atoms with Crippen molar-refractivity contribution >= 4 is 5.97 Å². The van der Waals surface area contributed by atoms with Crippen LogP contribution >= 0.6 is 0 Å². The molecule has 0 aromatic carbocycles. The summed E-state index contributed by atoms with van der Waals surface area (Å²) in [4.78, 5) is 14.3. The fourth-order valence-electron chi connectivity index (χ4n) is 3.36. The number of ether oxygens (including phenoxy) is 1. The van der Waals surface area contributed by atoms with Gasteiger partial charge < -0.3 is 9.64 Å². The molecule has 3 rings (SSSR count). The van der Waals surface area contributed by atoms with Gasteiger partial charge in [-0.1, -0.05) is 6.42 Å². The summed E-state index contributed by atoms with van der Waals surface area (Å²) in [6, 6.07) is 1.33. The summed E-state index contributed by atoms with van der Waals surface area (Å²) in [5.41, 5.74) is 0. The van der Waals surface area contributed by atoms with E-state index < -0.39 is 0 Å². The molecule has 0 aromatic rings. The first kappa shape index (κ1) is 10.6. The van der Waals surface area contributed by atoms with Gasteiger partial charge in [0.15, 0.2) is 0 Å². The average Bonchev–Trinajstić information content (AvgIpc) is 2.42. The van der Waals surface area contributed by atoms with E-state index in [0.717, 1.165) is 25.7 Å². The Labute approximate surface area is 97.1 Å². The molecule has 3 heteroatoms. The lowest BCUT2D eigenvalue weighted by Crippen LogP contribution is -2.44. The van der Waals surface area contributed by atoms with Crippen LogP contribution in [0.15, 0.2) is 0 Å². The molecule has 16 heavy (non-hydrogen) atoms. The van der Waals surface area contributed by atoms with Crippen LogP contribution in [0.4, 0.5) is 0 Å². The summed E-state index contributed by atoms with van der Waals surface area (Å²) >= 11 is 0. The molecule has 90 valence electrons. The zero-order valence-corrected chi connectivity index (χ0v) is 10.0. The molecule has 1 unspecified atom stereocenters. The van der Waals surface area contributed by atoms with Gasteiger partial charge in [0.2, 0.25) is 0 Å². The lowest BCUT2D eigenvalue weighted by molar-refractivity contribution is -0.160. The fraction of sp³-hybridized carbons (Fsp3) is 0.923. The van der Waals surface area contributed by atoms with Crippen molar-refractivity contribution in [3.63, 3.8) is 0 Å². The van der Waals surface area contributed by atoms with Crippen LogP contribution in [0.2, 0.25) is 0 Å². The molecule has 0 aromatic heterocycles. The standard InChI is InChI=1S/C13H21NO2/c1-14-10-5-6-11(14)8-12(7-10)16-13(15)9-3-2-4-9/h9-12H,2-8H2,1H3/t10-,11+,12?. The predicted molar refractivity (Wildman–Crippen MR) is 61.0 cm³/mol. The second-order valence-corrected chi connectivity index (χ2v) is 5.71. The van der Waals surface area contributed by atoms with E-state index in [4.69, 9.17) is 4.74 Å². The summed E-state index contributed by atoms with van der Waals surface area (Å²) in [6.07, 6.45) is 8.23. The van der Waals surface area contributed by atoms with Crippen molar-refractivity contribution < 1.29 is 9.53 Å². The SMILES string of the molecule is CN1[C@@H]2CC[C@H]1CC(OC(=O)C1CCC1)C2. The summed E-state index contributed by atoms with van der Waals surface area (Å²) < 4.78 is 5.66. The summed E-state index contributed by atoms with van der Waals surface area (Å²) in [6.45, 7) is 0. The van der Waals surface area contributed by atoms with Gasteiger partial charge in [-0.15, -0.1) is 0 Å². The molecule has 3 atom stereocenters. The highest BCUT2D eigenvalue weighted by atomic mass is 16.5. The van der Waals surface area contributed by atoms with E-state index in [2.05, 4.69) is 11.9 Å². The minimum Gasteiger partial charge on any atom is -0.462 e. The molecule has 0 radical (unpaired) electrons. The third-order valence-corrected chi connectivity index (χ3v) is 4.78. The van der Waals surface area contributed by atoms with Crippen molar-refractivity contribution in [3.05, 3.63) is 0 Å². The molecule has 3 fully saturated rings. The Morgan fingerprint density at radius 2 is 1.75 bits per heavy atom. The predicted octanol–water partition coefficient (Wildman–Crippen LogP) is 1.95. The number of esters is 1. The van der Waals surface area contributed by atoms with Crippen LogP contribution in [-0.2, 0) is 9.53 Å². The van der Waals surface area contributed by atoms with E-state index in [1.54, 1.807) is 0 Å². The molecular weight excluding hydrogens is 202 g/mol. The van der Waals surface area contributed by atoms with Crippen molar-refractivity contribution in [1.29, 1.82) is 0 Å². The number of hydrogen-bond acceptors (Lipinski definition) is 3. The molecular formula is C13H21NO2. The van der Waals surface area contributed by atoms with E-state index in [-0.39, 0.29) is 18.0 Å². The second kappa shape index (κ2) is 4.02. The second-order valence-electron chi connectivity index (χ2n) is 5.71. The summed E-state index contributed by atoms with van der Waals surface area (Å²) in [5.74, 6) is 0.317. The van der Waals surface area contributed by atoms with Crippen molar-refractivity contribution in [2.24, 2.45) is 5.92 Å². The van der Waals surface area contributed by atoms with Gasteiger partial charge in [-0.3, -0.25) is 4.79 Å². The highest BCUT2D eigenvalue weighted by Crippen LogP contribution is 2.36. The first-order chi connectivity index (χ1) is 7.74. The maximum Gasteiger partial charge on any atom is 0.309 e. The Hall–Kier alpha value is -0.570. The normalized spacial score (nSPS) is 39.4. The third-order valence-electron chi connectivity index (χ3n) is 4.78. The summed E-state index contributed by atoms with van der Waals surface area (Å²) in [5, 5.41) is 0. The number of fused-ring (bicyclic) bond motifs is 2. The van der Waals surface area contributed by atoms with Gasteiger partial charge in [0.25, 0.3) is 0 Å². The maximum absolute atomic E-state index is 11.8. The van der Waals surface area contributed by atoms with Crippen LogP contribution in [-0.4, -0.2) is 36.1 Å². The number of carbonyl (C=O) groups is 1. The first-order valence-electron chi connectivity index (χ1n) is 6.66. The largest absolute Gasteiger partial charge is 0.462 e. The molecule has 2 heterocycles. The first-order valence-corrected chi connectivity index (χ1v) is 6.66. The molecule has 2 saturated heterocycles. The van der Waals surface area contributed by atoms with Gasteiger partial charge in [0.05, 0.1) is 5.92 Å². The zero-order valence-electron chi connectivity index (χ0n) is 10.0. The topological polar surface area (TPSA) is 29.5 Å². The maximum atomic E-state index is 11.8. The lowest BCUT2D eigenvalue weighted by Gasteiger charge is -2.37. The minimum atomic E-state index is 0.0835. The number of carbonyl (C=O) groups excluding carboxylic acids is 1. The molecule has 2 bridgehead atoms. The van der Waals surface area contributed by atoms with Gasteiger partial charge >= 0.3 is 5.97 Å². The van der Waals surface area contributed by atoms with Crippen LogP contribution in [0, 0.1) is 5.92 Å². The van der Waals surface area contributed by atoms with E-state index >= 15 is 0 Å². The number of piperidine rings is 1. The highest BCUT2D eigenvalue weighted by Gasteiger charge is 2.40. The van der Waals surface area contributed by atoms with Gasteiger partial charge in [-0.2, -0.15) is 0 Å². The highest BCUT2D eigenvalue weighted by molar-refractivity contribution is 5.73. The smallest absolute Gasteiger partial charge is 0.309 e. The van der Waals surface area contributed by atoms with Gasteiger partial charge in [0, 0.05) is 12.1 Å². The molecule has 3 nitrogen and oxygen atoms in total. The van der Waals surface area contributed by atoms with Crippen LogP contribution in [0.3, 0.4) is 0 Å². The molecule has 2 aliphatic heterocycles. The number of rotatable bonds is 2. The Kier molecular flexibility index (Phi) is 2.66. The van der Waals surface area contributed by atoms with Crippen LogP contribution in [0.25, 0.3) is 0 Å². The minimum absolute atomic E-state index is 0.0835. The van der Waals surface area contributed by atoms with Gasteiger partial charge in [0.1, 0.15) is 6.10 Å². The van der Waals surface area contributed by atoms with Crippen molar-refractivity contribution in [2.45, 2.75) is 63.1 Å². The van der Waals surface area contributed by atoms with Crippen LogP contribution < -0.4 is 0 Å². The lowest BCUT2D eigenvalue weighted by atomic mass is 9.85. The van der Waals surface area contributed by atoms with Gasteiger partial charge in [-0.25, -0.2) is 0 Å². The average molecular weight is 223 g/mol. The van der Waals surface area contributed by atoms with E-state index in [1.165, 1.54) is 19.3 Å². The molecule has 1 aliphatic carbocycles. The Balaban J connectivity index is 1.55. The molecule has 0 amide bonds. The Morgan fingerprint density at radius 3 is 2.25 bits per heavy atom. The van der Waals surface area contributed by atoms with E-state index in [0.29, 0.717) is 12.1 Å². The van der Waals surface area contributed by atoms with Crippen LogP contribution in [0.5, 0.6) is 0 Å². The molecule has 1 saturated carbocycles. The molecule has 3 aliphatic rings. The molecule has 0 N–H and O–H groups in total. The van der Waals surface area contributed by atoms with Crippen molar-refractivity contribution in [1.82, 2.24) is 4.90 Å². The van der Waals surface area contributed by atoms with E-state index in [1.807, 2.05) is 0 Å². The zero-order chi connectivity index (χ0) is 11.1. The quantitative estimate of drug-likeness (QED) is 0.670.